The van der Waals surface area contributed by atoms with E-state index in [0.29, 0.717) is 19.0 Å². The summed E-state index contributed by atoms with van der Waals surface area (Å²) in [4.78, 5) is 43.1. The molecule has 0 bridgehead atoms. The number of nitrogens with zero attached hydrogens (tertiary/aromatic N) is 2. The minimum atomic E-state index is -0.800. The number of carbonyl (C=O) groups is 3. The molecule has 1 unspecified atom stereocenters. The molecule has 0 radical (unpaired) electrons. The fraction of sp³-hybridized carbons (Fsp3) is 0.591. The van der Waals surface area contributed by atoms with Crippen LogP contribution in [0.4, 0.5) is 5.69 Å². The fourth-order valence-corrected chi connectivity index (χ4v) is 5.65. The van der Waals surface area contributed by atoms with Gasteiger partial charge in [0.25, 0.3) is 5.91 Å². The molecule has 2 heterocycles. The van der Waals surface area contributed by atoms with Crippen LogP contribution in [0, 0.1) is 5.92 Å². The molecule has 1 atom stereocenters. The molecule has 0 aromatic heterocycles. The van der Waals surface area contributed by atoms with Gasteiger partial charge in [0.15, 0.2) is 5.25 Å². The highest BCUT2D eigenvalue weighted by Gasteiger charge is 2.41. The Hall–Kier alpha value is -2.02. The molecule has 1 saturated carbocycles. The number of para-hydroxylation sites is 1. The van der Waals surface area contributed by atoms with Crippen LogP contribution in [0.5, 0.6) is 0 Å². The van der Waals surface area contributed by atoms with Gasteiger partial charge in [-0.15, -0.1) is 11.8 Å². The summed E-state index contributed by atoms with van der Waals surface area (Å²) in [5.41, 5.74) is 0.723. The van der Waals surface area contributed by atoms with Crippen LogP contribution in [0.3, 0.4) is 0 Å². The number of benzene rings is 1. The van der Waals surface area contributed by atoms with Crippen LogP contribution in [0.2, 0.25) is 0 Å². The SMILES string of the molecule is CC1CCC(NC(=O)CN2C(=O)C(C(=O)N3CCCC3)Sc3ccccc32)CC1. The van der Waals surface area contributed by atoms with Crippen LogP contribution in [0.15, 0.2) is 29.2 Å². The molecule has 29 heavy (non-hydrogen) atoms. The molecule has 156 valence electrons. The lowest BCUT2D eigenvalue weighted by molar-refractivity contribution is -0.134. The van der Waals surface area contributed by atoms with Crippen LogP contribution in [0.25, 0.3) is 0 Å². The van der Waals surface area contributed by atoms with Crippen molar-refractivity contribution in [3.8, 4) is 0 Å². The molecule has 2 fully saturated rings. The van der Waals surface area contributed by atoms with Crippen LogP contribution in [-0.4, -0.2) is 53.5 Å². The Labute approximate surface area is 176 Å². The minimum Gasteiger partial charge on any atom is -0.352 e. The predicted molar refractivity (Wildman–Crippen MR) is 114 cm³/mol. The zero-order chi connectivity index (χ0) is 20.4. The molecule has 1 saturated heterocycles. The molecular weight excluding hydrogens is 386 g/mol. The molecule has 0 spiro atoms. The molecule has 1 aliphatic carbocycles. The summed E-state index contributed by atoms with van der Waals surface area (Å²) in [6, 6.07) is 7.73. The normalized spacial score (nSPS) is 26.9. The topological polar surface area (TPSA) is 69.7 Å². The van der Waals surface area contributed by atoms with E-state index in [1.807, 2.05) is 24.3 Å². The Balaban J connectivity index is 1.48. The Morgan fingerprint density at radius 2 is 1.79 bits per heavy atom. The van der Waals surface area contributed by atoms with Crippen molar-refractivity contribution in [2.75, 3.05) is 24.5 Å². The van der Waals surface area contributed by atoms with Crippen LogP contribution >= 0.6 is 11.8 Å². The first kappa shape index (κ1) is 20.3. The second-order valence-electron chi connectivity index (χ2n) is 8.45. The number of amides is 3. The van der Waals surface area contributed by atoms with E-state index in [2.05, 4.69) is 12.2 Å². The van der Waals surface area contributed by atoms with Crippen molar-refractivity contribution in [1.82, 2.24) is 10.2 Å². The van der Waals surface area contributed by atoms with Crippen molar-refractivity contribution < 1.29 is 14.4 Å². The number of hydrogen-bond acceptors (Lipinski definition) is 4. The summed E-state index contributed by atoms with van der Waals surface area (Å²) >= 11 is 1.31. The number of hydrogen-bond donors (Lipinski definition) is 1. The highest BCUT2D eigenvalue weighted by atomic mass is 32.2. The van der Waals surface area contributed by atoms with Gasteiger partial charge in [0.05, 0.1) is 5.69 Å². The standard InChI is InChI=1S/C22H29N3O3S/c1-15-8-10-16(11-9-15)23-19(26)14-25-17-6-2-3-7-18(17)29-20(22(25)28)21(27)24-12-4-5-13-24/h2-3,6-7,15-16,20H,4-5,8-14H2,1H3,(H,23,26). The van der Waals surface area contributed by atoms with E-state index < -0.39 is 5.25 Å². The smallest absolute Gasteiger partial charge is 0.250 e. The Morgan fingerprint density at radius 1 is 1.10 bits per heavy atom. The molecule has 4 rings (SSSR count). The third-order valence-corrected chi connectivity index (χ3v) is 7.45. The van der Waals surface area contributed by atoms with Crippen LogP contribution < -0.4 is 10.2 Å². The first-order valence-electron chi connectivity index (χ1n) is 10.7. The van der Waals surface area contributed by atoms with Crippen molar-refractivity contribution in [1.29, 1.82) is 0 Å². The van der Waals surface area contributed by atoms with Crippen molar-refractivity contribution >= 4 is 35.2 Å². The monoisotopic (exact) mass is 415 g/mol. The zero-order valence-electron chi connectivity index (χ0n) is 16.9. The van der Waals surface area contributed by atoms with E-state index in [0.717, 1.165) is 49.1 Å². The lowest BCUT2D eigenvalue weighted by Gasteiger charge is -2.34. The summed E-state index contributed by atoms with van der Waals surface area (Å²) < 4.78 is 0. The molecule has 1 aromatic carbocycles. The van der Waals surface area contributed by atoms with E-state index >= 15 is 0 Å². The van der Waals surface area contributed by atoms with Crippen LogP contribution in [-0.2, 0) is 14.4 Å². The van der Waals surface area contributed by atoms with Gasteiger partial charge in [0.1, 0.15) is 6.54 Å². The third kappa shape index (κ3) is 4.44. The Kier molecular flexibility index (Phi) is 6.13. The van der Waals surface area contributed by atoms with Gasteiger partial charge in [-0.25, -0.2) is 0 Å². The number of anilines is 1. The molecule has 1 aromatic rings. The van der Waals surface area contributed by atoms with Crippen molar-refractivity contribution in [3.63, 3.8) is 0 Å². The van der Waals surface area contributed by atoms with Gasteiger partial charge in [-0.1, -0.05) is 19.1 Å². The molecule has 3 amide bonds. The van der Waals surface area contributed by atoms with Gasteiger partial charge in [0.2, 0.25) is 11.8 Å². The number of nitrogens with one attached hydrogen (secondary N) is 1. The van der Waals surface area contributed by atoms with Gasteiger partial charge in [-0.3, -0.25) is 14.4 Å². The maximum absolute atomic E-state index is 13.2. The van der Waals surface area contributed by atoms with Gasteiger partial charge in [-0.05, 0) is 56.6 Å². The lowest BCUT2D eigenvalue weighted by atomic mass is 9.87. The summed E-state index contributed by atoms with van der Waals surface area (Å²) in [6.45, 7) is 3.64. The Morgan fingerprint density at radius 3 is 2.52 bits per heavy atom. The highest BCUT2D eigenvalue weighted by Crippen LogP contribution is 2.40. The lowest BCUT2D eigenvalue weighted by Crippen LogP contribution is -2.52. The number of likely N-dealkylation sites (tertiary alicyclic amines) is 1. The number of carbonyl (C=O) groups excluding carboxylic acids is 3. The molecule has 2 aliphatic heterocycles. The average molecular weight is 416 g/mol. The van der Waals surface area contributed by atoms with E-state index in [1.54, 1.807) is 4.90 Å². The largest absolute Gasteiger partial charge is 0.352 e. The highest BCUT2D eigenvalue weighted by molar-refractivity contribution is 8.01. The second-order valence-corrected chi connectivity index (χ2v) is 9.59. The molecule has 6 nitrogen and oxygen atoms in total. The molecule has 1 N–H and O–H groups in total. The molecule has 3 aliphatic rings. The minimum absolute atomic E-state index is 0.0355. The fourth-order valence-electron chi connectivity index (χ4n) is 4.46. The first-order chi connectivity index (χ1) is 14.0. The van der Waals surface area contributed by atoms with Gasteiger partial charge >= 0.3 is 0 Å². The number of thioether (sulfide) groups is 1. The Bertz CT molecular complexity index is 785. The predicted octanol–water partition coefficient (Wildman–Crippen LogP) is 2.81. The van der Waals surface area contributed by atoms with Crippen molar-refractivity contribution in [3.05, 3.63) is 24.3 Å². The van der Waals surface area contributed by atoms with Gasteiger partial charge in [0, 0.05) is 24.0 Å². The van der Waals surface area contributed by atoms with E-state index in [-0.39, 0.29) is 30.3 Å². The second kappa shape index (κ2) is 8.78. The van der Waals surface area contributed by atoms with Gasteiger partial charge in [-0.2, -0.15) is 0 Å². The maximum atomic E-state index is 13.2. The van der Waals surface area contributed by atoms with E-state index in [9.17, 15) is 14.4 Å². The maximum Gasteiger partial charge on any atom is 0.250 e. The van der Waals surface area contributed by atoms with E-state index in [4.69, 9.17) is 0 Å². The van der Waals surface area contributed by atoms with Gasteiger partial charge < -0.3 is 15.1 Å². The number of rotatable bonds is 4. The summed E-state index contributed by atoms with van der Waals surface area (Å²) in [5.74, 6) is 0.164. The quantitative estimate of drug-likeness (QED) is 0.768. The van der Waals surface area contributed by atoms with E-state index in [1.165, 1.54) is 16.7 Å². The van der Waals surface area contributed by atoms with Crippen molar-refractivity contribution in [2.45, 2.75) is 61.6 Å². The average Bonchev–Trinajstić information content (AvgIpc) is 3.26. The first-order valence-corrected chi connectivity index (χ1v) is 11.6. The summed E-state index contributed by atoms with van der Waals surface area (Å²) in [6.07, 6.45) is 6.20. The third-order valence-electron chi connectivity index (χ3n) is 6.22. The molecular formula is C22H29N3O3S. The molecule has 7 heteroatoms. The number of fused-ring (bicyclic) bond motifs is 1. The summed E-state index contributed by atoms with van der Waals surface area (Å²) in [5, 5.41) is 2.30. The summed E-state index contributed by atoms with van der Waals surface area (Å²) in [7, 11) is 0. The van der Waals surface area contributed by atoms with Crippen LogP contribution in [0.1, 0.15) is 45.4 Å². The zero-order valence-corrected chi connectivity index (χ0v) is 17.7. The van der Waals surface area contributed by atoms with Crippen molar-refractivity contribution in [2.24, 2.45) is 5.92 Å².